The van der Waals surface area contributed by atoms with Gasteiger partial charge in [-0.3, -0.25) is 0 Å². The van der Waals surface area contributed by atoms with Crippen molar-refractivity contribution in [3.8, 4) is 6.07 Å². The largest absolute Gasteiger partial charge is 0.310 e. The summed E-state index contributed by atoms with van der Waals surface area (Å²) in [6.45, 7) is 4.50. The average Bonchev–Trinajstić information content (AvgIpc) is 3.28. The summed E-state index contributed by atoms with van der Waals surface area (Å²) in [5.74, 6) is 0. The van der Waals surface area contributed by atoms with Gasteiger partial charge in [-0.1, -0.05) is 121 Å². The molecule has 0 N–H and O–H groups in total. The molecule has 0 fully saturated rings. The number of anilines is 6. The minimum atomic E-state index is 0.633. The molecule has 3 nitrogen and oxygen atoms in total. The Morgan fingerprint density at radius 1 is 0.345 bits per heavy atom. The van der Waals surface area contributed by atoms with Crippen LogP contribution in [0, 0.1) is 25.2 Å². The predicted molar refractivity (Wildman–Crippen MR) is 246 cm³/mol. The molecule has 272 valence electrons. The minimum absolute atomic E-state index is 0.633. The van der Waals surface area contributed by atoms with E-state index in [1.54, 1.807) is 0 Å². The van der Waals surface area contributed by atoms with Crippen LogP contribution in [-0.2, 0) is 0 Å². The first-order valence-corrected chi connectivity index (χ1v) is 19.8. The van der Waals surface area contributed by atoms with E-state index in [-0.39, 0.29) is 0 Å². The summed E-state index contributed by atoms with van der Waals surface area (Å²) in [5.41, 5.74) is 9.63. The van der Waals surface area contributed by atoms with Gasteiger partial charge in [-0.25, -0.2) is 0 Å². The van der Waals surface area contributed by atoms with E-state index in [2.05, 4.69) is 206 Å². The standard InChI is InChI=1S/C55H37N3/c1-35-31-50(57(39-16-5-3-6-17-39)40-18-7-4-8-19-40)52-47-23-13-14-24-48(47)53-51(32-36(2)43-30-29-42(35)54(52)55(43)53)58(41-27-25-37(34-56)26-28-41)49-33-38-15-9-10-20-44(38)45-21-11-12-22-46(45)49/h3-33H,1-2H3. The van der Waals surface area contributed by atoms with Crippen LogP contribution in [0.3, 0.4) is 0 Å². The van der Waals surface area contributed by atoms with E-state index in [4.69, 9.17) is 0 Å². The highest BCUT2D eigenvalue weighted by atomic mass is 15.2. The van der Waals surface area contributed by atoms with Gasteiger partial charge in [0.05, 0.1) is 28.7 Å². The highest BCUT2D eigenvalue weighted by Crippen LogP contribution is 2.53. The maximum atomic E-state index is 9.88. The summed E-state index contributed by atoms with van der Waals surface area (Å²) in [6.07, 6.45) is 0. The average molecular weight is 740 g/mol. The van der Waals surface area contributed by atoms with E-state index in [1.165, 1.54) is 70.4 Å². The lowest BCUT2D eigenvalue weighted by Gasteiger charge is -2.32. The summed E-state index contributed by atoms with van der Waals surface area (Å²) in [5, 5.41) is 24.5. The van der Waals surface area contributed by atoms with Crippen molar-refractivity contribution in [2.24, 2.45) is 0 Å². The summed E-state index contributed by atoms with van der Waals surface area (Å²) in [7, 11) is 0. The number of aryl methyl sites for hydroxylation is 2. The van der Waals surface area contributed by atoms with Gasteiger partial charge < -0.3 is 9.80 Å². The quantitative estimate of drug-likeness (QED) is 0.126. The van der Waals surface area contributed by atoms with Crippen LogP contribution in [0.15, 0.2) is 188 Å². The lowest BCUT2D eigenvalue weighted by Crippen LogP contribution is -2.13. The summed E-state index contributed by atoms with van der Waals surface area (Å²) < 4.78 is 0. The molecule has 0 amide bonds. The minimum Gasteiger partial charge on any atom is -0.310 e. The number of nitriles is 1. The van der Waals surface area contributed by atoms with Gasteiger partial charge in [0.25, 0.3) is 0 Å². The fourth-order valence-electron chi connectivity index (χ4n) is 9.46. The van der Waals surface area contributed by atoms with Crippen molar-refractivity contribution in [2.75, 3.05) is 9.80 Å². The van der Waals surface area contributed by atoms with Crippen molar-refractivity contribution < 1.29 is 0 Å². The fourth-order valence-corrected chi connectivity index (χ4v) is 9.46. The molecule has 0 aliphatic heterocycles. The maximum Gasteiger partial charge on any atom is 0.0991 e. The molecule has 0 unspecified atom stereocenters. The van der Waals surface area contributed by atoms with Gasteiger partial charge >= 0.3 is 0 Å². The number of hydrogen-bond acceptors (Lipinski definition) is 3. The van der Waals surface area contributed by atoms with Gasteiger partial charge in [-0.15, -0.1) is 0 Å². The summed E-state index contributed by atoms with van der Waals surface area (Å²) in [6, 6.07) is 70.0. The topological polar surface area (TPSA) is 30.3 Å². The Morgan fingerprint density at radius 2 is 0.793 bits per heavy atom. The molecule has 11 aromatic carbocycles. The molecule has 0 atom stereocenters. The van der Waals surface area contributed by atoms with Gasteiger partial charge in [-0.05, 0) is 129 Å². The Balaban J connectivity index is 1.33. The van der Waals surface area contributed by atoms with Gasteiger partial charge in [0.1, 0.15) is 0 Å². The van der Waals surface area contributed by atoms with E-state index in [0.717, 1.165) is 39.5 Å². The SMILES string of the molecule is Cc1cc(N(c2ccccc2)c2ccccc2)c2c3ccccc3c3c(N(c4ccc(C#N)cc4)c4cc5ccccc5c5ccccc45)cc(C)c4ccc1c2c43. The van der Waals surface area contributed by atoms with Gasteiger partial charge in [0.2, 0.25) is 0 Å². The molecule has 0 heterocycles. The maximum absolute atomic E-state index is 9.88. The summed E-state index contributed by atoms with van der Waals surface area (Å²) in [4.78, 5) is 4.86. The molecular weight excluding hydrogens is 703 g/mol. The zero-order valence-electron chi connectivity index (χ0n) is 32.2. The lowest BCUT2D eigenvalue weighted by atomic mass is 9.84. The second kappa shape index (κ2) is 13.2. The third-order valence-electron chi connectivity index (χ3n) is 12.0. The van der Waals surface area contributed by atoms with Crippen LogP contribution in [0.5, 0.6) is 0 Å². The van der Waals surface area contributed by atoms with E-state index in [1.807, 2.05) is 12.1 Å². The molecule has 0 saturated carbocycles. The Morgan fingerprint density at radius 3 is 1.34 bits per heavy atom. The van der Waals surface area contributed by atoms with Crippen LogP contribution in [0.2, 0.25) is 0 Å². The molecule has 0 radical (unpaired) electrons. The Labute approximate surface area is 337 Å². The predicted octanol–water partition coefficient (Wildman–Crippen LogP) is 15.5. The van der Waals surface area contributed by atoms with Crippen LogP contribution >= 0.6 is 0 Å². The molecule has 0 spiro atoms. The molecule has 0 aromatic heterocycles. The second-order valence-electron chi connectivity index (χ2n) is 15.3. The van der Waals surface area contributed by atoms with Crippen LogP contribution in [0.25, 0.3) is 64.6 Å². The number of benzene rings is 11. The number of rotatable bonds is 6. The first-order valence-electron chi connectivity index (χ1n) is 19.8. The van der Waals surface area contributed by atoms with Crippen molar-refractivity contribution in [1.82, 2.24) is 0 Å². The zero-order valence-corrected chi connectivity index (χ0v) is 32.2. The third kappa shape index (κ3) is 5.06. The smallest absolute Gasteiger partial charge is 0.0991 e. The van der Waals surface area contributed by atoms with E-state index >= 15 is 0 Å². The molecule has 0 saturated heterocycles. The Bertz CT molecular complexity index is 3380. The van der Waals surface area contributed by atoms with Gasteiger partial charge in [0, 0.05) is 44.0 Å². The molecule has 11 aromatic rings. The molecule has 0 aliphatic carbocycles. The number of para-hydroxylation sites is 2. The number of hydrogen-bond donors (Lipinski definition) is 0. The van der Waals surface area contributed by atoms with Crippen molar-refractivity contribution in [1.29, 1.82) is 5.26 Å². The molecule has 0 bridgehead atoms. The fraction of sp³-hybridized carbons (Fsp3) is 0.0364. The van der Waals surface area contributed by atoms with Crippen LogP contribution in [-0.4, -0.2) is 0 Å². The normalized spacial score (nSPS) is 11.6. The highest BCUT2D eigenvalue weighted by molar-refractivity contribution is 6.39. The van der Waals surface area contributed by atoms with E-state index in [0.29, 0.717) is 5.56 Å². The first kappa shape index (κ1) is 33.6. The Kier molecular flexibility index (Phi) is 7.67. The molecule has 58 heavy (non-hydrogen) atoms. The molecule has 11 rings (SSSR count). The van der Waals surface area contributed by atoms with Gasteiger partial charge in [-0.2, -0.15) is 5.26 Å². The number of fused-ring (bicyclic) bond motifs is 6. The van der Waals surface area contributed by atoms with Crippen LogP contribution in [0.1, 0.15) is 16.7 Å². The second-order valence-corrected chi connectivity index (χ2v) is 15.3. The Hall–Kier alpha value is -7.67. The van der Waals surface area contributed by atoms with Crippen molar-refractivity contribution in [3.63, 3.8) is 0 Å². The van der Waals surface area contributed by atoms with E-state index < -0.39 is 0 Å². The highest BCUT2D eigenvalue weighted by Gasteiger charge is 2.27. The third-order valence-corrected chi connectivity index (χ3v) is 12.0. The van der Waals surface area contributed by atoms with Gasteiger partial charge in [0.15, 0.2) is 0 Å². The first-order chi connectivity index (χ1) is 28.6. The van der Waals surface area contributed by atoms with Crippen LogP contribution < -0.4 is 9.80 Å². The molecule has 0 aliphatic rings. The molecular formula is C55H37N3. The van der Waals surface area contributed by atoms with Crippen molar-refractivity contribution >= 4 is 98.8 Å². The van der Waals surface area contributed by atoms with Crippen molar-refractivity contribution in [2.45, 2.75) is 13.8 Å². The number of nitrogens with zero attached hydrogens (tertiary/aromatic N) is 3. The van der Waals surface area contributed by atoms with Crippen molar-refractivity contribution in [3.05, 3.63) is 205 Å². The zero-order chi connectivity index (χ0) is 38.9. The molecule has 3 heteroatoms. The monoisotopic (exact) mass is 739 g/mol. The van der Waals surface area contributed by atoms with Crippen LogP contribution in [0.4, 0.5) is 34.1 Å². The van der Waals surface area contributed by atoms with E-state index in [9.17, 15) is 5.26 Å². The lowest BCUT2D eigenvalue weighted by molar-refractivity contribution is 1.29. The summed E-state index contributed by atoms with van der Waals surface area (Å²) >= 11 is 0.